The Hall–Kier alpha value is 0.0200. The molecule has 138 valence electrons. The number of rotatable bonds is 3. The molecular formula is C16H23BrCl2F2N2O. The topological polar surface area (TPSA) is 24.5 Å². The first-order valence-electron chi connectivity index (χ1n) is 7.84. The van der Waals surface area contributed by atoms with E-state index < -0.39 is 11.6 Å². The van der Waals surface area contributed by atoms with Crippen LogP contribution in [0.5, 0.6) is 0 Å². The van der Waals surface area contributed by atoms with Crippen molar-refractivity contribution < 1.29 is 13.5 Å². The van der Waals surface area contributed by atoms with E-state index in [1.165, 1.54) is 12.1 Å². The van der Waals surface area contributed by atoms with Gasteiger partial charge in [0.2, 0.25) is 0 Å². The summed E-state index contributed by atoms with van der Waals surface area (Å²) < 4.78 is 34.9. The Morgan fingerprint density at radius 3 is 2.17 bits per heavy atom. The largest absolute Gasteiger partial charge is 0.381 e. The van der Waals surface area contributed by atoms with Crippen LogP contribution in [-0.2, 0) is 4.74 Å². The van der Waals surface area contributed by atoms with E-state index in [2.05, 4.69) is 26.1 Å². The van der Waals surface area contributed by atoms with Crippen molar-refractivity contribution in [2.75, 3.05) is 39.4 Å². The predicted octanol–water partition coefficient (Wildman–Crippen LogP) is 3.94. The highest BCUT2D eigenvalue weighted by Gasteiger charge is 2.35. The van der Waals surface area contributed by atoms with Gasteiger partial charge in [-0.25, -0.2) is 8.78 Å². The van der Waals surface area contributed by atoms with Gasteiger partial charge in [0.15, 0.2) is 0 Å². The molecule has 1 atom stereocenters. The molecule has 0 radical (unpaired) electrons. The Kier molecular flexibility index (Phi) is 9.41. The molecule has 2 saturated heterocycles. The molecule has 2 heterocycles. The zero-order valence-corrected chi connectivity index (χ0v) is 16.5. The predicted molar refractivity (Wildman–Crippen MR) is 99.3 cm³/mol. The molecule has 8 heteroatoms. The van der Waals surface area contributed by atoms with Gasteiger partial charge in [-0.2, -0.15) is 0 Å². The van der Waals surface area contributed by atoms with Crippen LogP contribution in [0, 0.1) is 17.6 Å². The van der Waals surface area contributed by atoms with Crippen LogP contribution in [0.1, 0.15) is 24.4 Å². The van der Waals surface area contributed by atoms with Crippen LogP contribution in [0.25, 0.3) is 0 Å². The molecule has 1 aromatic carbocycles. The first-order valence-corrected chi connectivity index (χ1v) is 8.63. The van der Waals surface area contributed by atoms with Gasteiger partial charge in [-0.05, 0) is 30.9 Å². The molecule has 0 aromatic heterocycles. The monoisotopic (exact) mass is 446 g/mol. The molecule has 0 unspecified atom stereocenters. The van der Waals surface area contributed by atoms with E-state index in [0.29, 0.717) is 17.7 Å². The van der Waals surface area contributed by atoms with E-state index in [9.17, 15) is 8.78 Å². The van der Waals surface area contributed by atoms with Gasteiger partial charge in [0, 0.05) is 55.5 Å². The van der Waals surface area contributed by atoms with Crippen molar-refractivity contribution in [1.82, 2.24) is 10.2 Å². The quantitative estimate of drug-likeness (QED) is 0.759. The summed E-state index contributed by atoms with van der Waals surface area (Å²) in [4.78, 5) is 2.22. The number of hydrogen-bond acceptors (Lipinski definition) is 3. The third-order valence-corrected chi connectivity index (χ3v) is 5.05. The SMILES string of the molecule is Cl.Cl.Fc1cc(Br)cc(F)c1[C@H](C1CCOCC1)N1CCNCC1. The maximum Gasteiger partial charge on any atom is 0.132 e. The molecule has 3 nitrogen and oxygen atoms in total. The summed E-state index contributed by atoms with van der Waals surface area (Å²) in [6.45, 7) is 4.70. The number of ether oxygens (including phenoxy) is 1. The number of halogens is 5. The number of piperazine rings is 1. The van der Waals surface area contributed by atoms with E-state index in [0.717, 1.165) is 39.0 Å². The molecule has 1 N–H and O–H groups in total. The lowest BCUT2D eigenvalue weighted by Gasteiger charge is -2.41. The summed E-state index contributed by atoms with van der Waals surface area (Å²) in [5.74, 6) is -0.680. The van der Waals surface area contributed by atoms with Gasteiger partial charge in [-0.1, -0.05) is 15.9 Å². The first-order chi connectivity index (χ1) is 10.7. The second-order valence-electron chi connectivity index (χ2n) is 5.96. The fourth-order valence-electron chi connectivity index (χ4n) is 3.54. The van der Waals surface area contributed by atoms with E-state index in [4.69, 9.17) is 4.74 Å². The van der Waals surface area contributed by atoms with Crippen LogP contribution in [0.4, 0.5) is 8.78 Å². The lowest BCUT2D eigenvalue weighted by atomic mass is 9.85. The van der Waals surface area contributed by atoms with Crippen molar-refractivity contribution >= 4 is 40.7 Å². The number of nitrogens with zero attached hydrogens (tertiary/aromatic N) is 1. The highest BCUT2D eigenvalue weighted by molar-refractivity contribution is 9.10. The molecule has 0 bridgehead atoms. The number of nitrogens with one attached hydrogen (secondary N) is 1. The zero-order valence-electron chi connectivity index (χ0n) is 13.3. The highest BCUT2D eigenvalue weighted by atomic mass is 79.9. The molecule has 0 amide bonds. The molecule has 1 aromatic rings. The van der Waals surface area contributed by atoms with Gasteiger partial charge in [0.05, 0.1) is 0 Å². The molecule has 24 heavy (non-hydrogen) atoms. The van der Waals surface area contributed by atoms with Gasteiger partial charge in [-0.3, -0.25) is 4.90 Å². The Morgan fingerprint density at radius 2 is 1.62 bits per heavy atom. The average molecular weight is 448 g/mol. The van der Waals surface area contributed by atoms with Crippen LogP contribution in [0.15, 0.2) is 16.6 Å². The van der Waals surface area contributed by atoms with Crippen LogP contribution >= 0.6 is 40.7 Å². The van der Waals surface area contributed by atoms with Crippen molar-refractivity contribution in [3.63, 3.8) is 0 Å². The lowest BCUT2D eigenvalue weighted by Crippen LogP contribution is -2.48. The van der Waals surface area contributed by atoms with Gasteiger partial charge < -0.3 is 10.1 Å². The summed E-state index contributed by atoms with van der Waals surface area (Å²) in [5.41, 5.74) is 0.219. The maximum absolute atomic E-state index is 14.5. The molecule has 3 rings (SSSR count). The van der Waals surface area contributed by atoms with E-state index in [-0.39, 0.29) is 42.3 Å². The Labute approximate surface area is 162 Å². The zero-order chi connectivity index (χ0) is 15.5. The second kappa shape index (κ2) is 10.2. The minimum atomic E-state index is -0.457. The molecule has 2 aliphatic heterocycles. The molecule has 0 spiro atoms. The third-order valence-electron chi connectivity index (χ3n) is 4.60. The fraction of sp³-hybridized carbons (Fsp3) is 0.625. The van der Waals surface area contributed by atoms with Crippen molar-refractivity contribution in [2.24, 2.45) is 5.92 Å². The van der Waals surface area contributed by atoms with E-state index in [1.54, 1.807) is 0 Å². The minimum Gasteiger partial charge on any atom is -0.381 e. The molecule has 2 fully saturated rings. The van der Waals surface area contributed by atoms with Crippen molar-refractivity contribution in [3.05, 3.63) is 33.8 Å². The molecule has 2 aliphatic rings. The van der Waals surface area contributed by atoms with Gasteiger partial charge in [0.1, 0.15) is 11.6 Å². The summed E-state index contributed by atoms with van der Waals surface area (Å²) >= 11 is 3.16. The van der Waals surface area contributed by atoms with E-state index >= 15 is 0 Å². The van der Waals surface area contributed by atoms with Crippen molar-refractivity contribution in [1.29, 1.82) is 0 Å². The van der Waals surface area contributed by atoms with E-state index in [1.807, 2.05) is 0 Å². The smallest absolute Gasteiger partial charge is 0.132 e. The Balaban J connectivity index is 0.00000144. The van der Waals surface area contributed by atoms with Crippen molar-refractivity contribution in [3.8, 4) is 0 Å². The number of benzene rings is 1. The van der Waals surface area contributed by atoms with Crippen molar-refractivity contribution in [2.45, 2.75) is 18.9 Å². The summed E-state index contributed by atoms with van der Waals surface area (Å²) in [5, 5.41) is 3.30. The fourth-order valence-corrected chi connectivity index (χ4v) is 3.95. The van der Waals surface area contributed by atoms with Gasteiger partial charge in [-0.15, -0.1) is 24.8 Å². The summed E-state index contributed by atoms with van der Waals surface area (Å²) in [6, 6.07) is 2.53. The summed E-state index contributed by atoms with van der Waals surface area (Å²) in [7, 11) is 0. The van der Waals surface area contributed by atoms with Crippen LogP contribution in [-0.4, -0.2) is 44.3 Å². The van der Waals surface area contributed by atoms with Gasteiger partial charge >= 0.3 is 0 Å². The average Bonchev–Trinajstić information content (AvgIpc) is 2.52. The van der Waals surface area contributed by atoms with Crippen LogP contribution in [0.3, 0.4) is 0 Å². The number of hydrogen-bond donors (Lipinski definition) is 1. The third kappa shape index (κ3) is 5.02. The highest BCUT2D eigenvalue weighted by Crippen LogP contribution is 2.38. The second-order valence-corrected chi connectivity index (χ2v) is 6.88. The minimum absolute atomic E-state index is 0. The molecule has 0 saturated carbocycles. The van der Waals surface area contributed by atoms with Crippen LogP contribution in [0.2, 0.25) is 0 Å². The van der Waals surface area contributed by atoms with Crippen LogP contribution < -0.4 is 5.32 Å². The standard InChI is InChI=1S/C16H21BrF2N2O.2ClH/c17-12-9-13(18)15(14(19)10-12)16(11-1-7-22-8-2-11)21-5-3-20-4-6-21;;/h9-11,16,20H,1-8H2;2*1H/t16-;;/m0../s1. The Morgan fingerprint density at radius 1 is 1.08 bits per heavy atom. The maximum atomic E-state index is 14.5. The molecule has 0 aliphatic carbocycles. The summed E-state index contributed by atoms with van der Waals surface area (Å²) in [6.07, 6.45) is 1.70. The normalized spacial score (nSPS) is 20.8. The molecular weight excluding hydrogens is 425 g/mol. The lowest BCUT2D eigenvalue weighted by molar-refractivity contribution is 0.0191. The Bertz CT molecular complexity index is 486. The van der Waals surface area contributed by atoms with Gasteiger partial charge in [0.25, 0.3) is 0 Å². The first kappa shape index (κ1) is 22.1.